The smallest absolute Gasteiger partial charge is 0.335 e. The number of nitrogens with zero attached hydrogens (tertiary/aromatic N) is 2. The van der Waals surface area contributed by atoms with Crippen LogP contribution < -0.4 is 32.7 Å². The van der Waals surface area contributed by atoms with Crippen molar-refractivity contribution in [3.8, 4) is 12.1 Å². The molecule has 0 spiro atoms. The summed E-state index contributed by atoms with van der Waals surface area (Å²) < 4.78 is 0. The molecule has 0 bridgehead atoms. The summed E-state index contributed by atoms with van der Waals surface area (Å²) in [6.45, 7) is 5.39. The third kappa shape index (κ3) is 16.8. The molecule has 4 aromatic rings. The molecule has 5 amide bonds. The second kappa shape index (κ2) is 27.2. The summed E-state index contributed by atoms with van der Waals surface area (Å²) in [5.41, 5.74) is 20.1. The summed E-state index contributed by atoms with van der Waals surface area (Å²) in [6.07, 6.45) is 16.1. The van der Waals surface area contributed by atoms with Crippen LogP contribution in [0.1, 0.15) is 141 Å². The molecule has 8 rings (SSSR count). The van der Waals surface area contributed by atoms with Crippen molar-refractivity contribution in [2.24, 2.45) is 11.5 Å². The van der Waals surface area contributed by atoms with Gasteiger partial charge in [-0.25, -0.2) is 4.79 Å². The summed E-state index contributed by atoms with van der Waals surface area (Å²) in [4.78, 5) is 68.7. The van der Waals surface area contributed by atoms with Crippen LogP contribution in [0, 0.1) is 49.5 Å². The van der Waals surface area contributed by atoms with E-state index in [1.165, 1.54) is 24.6 Å². The predicted octanol–water partition coefficient (Wildman–Crippen LogP) is 7.21. The minimum absolute atomic E-state index is 0. The standard InChI is InChI=1S/C13H13N2O2.C13H14N2O2.C13H12N2O.C9H7NO2.C4H7N.Y/c1-14-12(16)9-4-2-5-10(8-9)13(17)15-11-6-3-7-11;1-8-5-6-9(12(14)16)7-11(8)13(17)15-10-3-2-4-10;1-9-5-6-10(8-14)7-12(9)13(16)15-11-3-2-4-11;1-6-2-3-7(5-10)4-8(6)9(11)12;5-4-2-1-3-4;/h2,4,6,8H,3,7H2,1H3,(H,14,16)(H,15,17);3,5-7H,2,4H2,1H3,(H2,14,16)(H,15,17);3,5-7H,2,4H2,1H3,(H,15,16);2-4H,1H3,(H,11,12);2H,1,3,5H2;/q-1;;;;;. The Labute approximate surface area is 421 Å². The van der Waals surface area contributed by atoms with E-state index < -0.39 is 11.9 Å². The Hall–Kier alpha value is -7.46. The molecule has 16 heteroatoms. The van der Waals surface area contributed by atoms with Crippen molar-refractivity contribution >= 4 is 35.5 Å². The number of nitrogens with one attached hydrogen (secondary N) is 4. The van der Waals surface area contributed by atoms with Gasteiger partial charge in [0.05, 0.1) is 28.8 Å². The van der Waals surface area contributed by atoms with Crippen LogP contribution in [0.15, 0.2) is 120 Å². The summed E-state index contributed by atoms with van der Waals surface area (Å²) in [5, 5.41) is 36.9. The summed E-state index contributed by atoms with van der Waals surface area (Å²) in [7, 11) is 1.55. The van der Waals surface area contributed by atoms with E-state index in [0.717, 1.165) is 78.9 Å². The van der Waals surface area contributed by atoms with Gasteiger partial charge in [-0.2, -0.15) is 10.5 Å². The minimum atomic E-state index is -0.996. The number of carbonyl (C=O) groups excluding carboxylic acids is 5. The zero-order chi connectivity index (χ0) is 49.0. The number of hydrogen-bond acceptors (Lipinski definition) is 9. The van der Waals surface area contributed by atoms with Gasteiger partial charge in [-0.05, 0) is 131 Å². The van der Waals surface area contributed by atoms with E-state index in [1.807, 2.05) is 50.3 Å². The largest absolute Gasteiger partial charge is 0.478 e. The number of primary amides is 1. The van der Waals surface area contributed by atoms with Crippen LogP contribution in [0.2, 0.25) is 0 Å². The number of nitrogens with two attached hydrogens (primary N) is 2. The molecular weight excluding hydrogens is 938 g/mol. The maximum absolute atomic E-state index is 11.9. The van der Waals surface area contributed by atoms with Gasteiger partial charge in [-0.1, -0.05) is 48.1 Å². The van der Waals surface area contributed by atoms with Crippen molar-refractivity contribution in [1.82, 2.24) is 21.3 Å². The van der Waals surface area contributed by atoms with Crippen molar-refractivity contribution in [1.29, 1.82) is 10.5 Å². The Balaban J connectivity index is 0.000000232. The number of rotatable bonds is 9. The van der Waals surface area contributed by atoms with Crippen LogP contribution in [0.4, 0.5) is 0 Å². The molecular formula is C52H53N8O7Y-. The van der Waals surface area contributed by atoms with Crippen LogP contribution in [0.5, 0.6) is 0 Å². The molecule has 0 fully saturated rings. The molecule has 1 radical (unpaired) electrons. The molecule has 4 aliphatic carbocycles. The second-order valence-corrected chi connectivity index (χ2v) is 15.5. The molecule has 0 heterocycles. The van der Waals surface area contributed by atoms with Gasteiger partial charge in [0.25, 0.3) is 11.8 Å². The number of benzene rings is 4. The van der Waals surface area contributed by atoms with Crippen LogP contribution in [0.25, 0.3) is 0 Å². The van der Waals surface area contributed by atoms with Crippen molar-refractivity contribution in [3.63, 3.8) is 0 Å². The third-order valence-electron chi connectivity index (χ3n) is 10.6. The third-order valence-corrected chi connectivity index (χ3v) is 10.6. The Morgan fingerprint density at radius 2 is 1.00 bits per heavy atom. The van der Waals surface area contributed by atoms with Gasteiger partial charge in [0.15, 0.2) is 5.91 Å². The van der Waals surface area contributed by atoms with Crippen LogP contribution in [-0.2, 0) is 32.7 Å². The van der Waals surface area contributed by atoms with Crippen molar-refractivity contribution in [2.75, 3.05) is 7.05 Å². The topological polar surface area (TPSA) is 270 Å². The van der Waals surface area contributed by atoms with Crippen molar-refractivity contribution in [3.05, 3.63) is 187 Å². The number of carboxylic acid groups (broad SMARTS) is 1. The molecule has 15 nitrogen and oxygen atoms in total. The first-order valence-electron chi connectivity index (χ1n) is 21.4. The number of aryl methyl sites for hydroxylation is 3. The van der Waals surface area contributed by atoms with E-state index in [2.05, 4.69) is 27.3 Å². The molecule has 9 N–H and O–H groups in total. The minimum Gasteiger partial charge on any atom is -0.478 e. The van der Waals surface area contributed by atoms with Gasteiger partial charge in [0, 0.05) is 79.2 Å². The average Bonchev–Trinajstić information content (AvgIpc) is 3.27. The second-order valence-electron chi connectivity index (χ2n) is 15.5. The molecule has 4 aromatic carbocycles. The van der Waals surface area contributed by atoms with Gasteiger partial charge in [-0.3, -0.25) is 19.2 Å². The number of carboxylic acids is 1. The first-order valence-corrected chi connectivity index (χ1v) is 21.4. The molecule has 0 aliphatic heterocycles. The zero-order valence-corrected chi connectivity index (χ0v) is 41.3. The van der Waals surface area contributed by atoms with Crippen molar-refractivity contribution < 1.29 is 66.6 Å². The summed E-state index contributed by atoms with van der Waals surface area (Å²) in [5.74, 6) is -2.26. The quantitative estimate of drug-likeness (QED) is 0.0828. The first kappa shape index (κ1) is 54.9. The van der Waals surface area contributed by atoms with E-state index in [0.29, 0.717) is 44.5 Å². The summed E-state index contributed by atoms with van der Waals surface area (Å²) in [6, 6.07) is 26.1. The SMILES string of the molecule is CNC(=O)c1cc[c-]c(C(=O)NC2=CCC2)c1.Cc1ccc(C#N)cc1C(=O)NC1=CCC1.Cc1ccc(C#N)cc1C(=O)O.Cc1ccc(C(N)=O)cc1C(=O)NC1=CCC1.NC1=CCC1.[Y]. The van der Waals surface area contributed by atoms with E-state index in [4.69, 9.17) is 27.1 Å². The molecule has 0 atom stereocenters. The molecule has 0 unspecified atom stereocenters. The molecule has 0 aromatic heterocycles. The van der Waals surface area contributed by atoms with Gasteiger partial charge in [0.2, 0.25) is 11.8 Å². The van der Waals surface area contributed by atoms with E-state index in [1.54, 1.807) is 68.6 Å². The zero-order valence-electron chi connectivity index (χ0n) is 38.4. The van der Waals surface area contributed by atoms with E-state index in [9.17, 15) is 28.8 Å². The van der Waals surface area contributed by atoms with E-state index in [-0.39, 0.29) is 61.9 Å². The number of nitriles is 2. The van der Waals surface area contributed by atoms with E-state index >= 15 is 0 Å². The van der Waals surface area contributed by atoms with Crippen molar-refractivity contribution in [2.45, 2.75) is 72.1 Å². The fourth-order valence-corrected chi connectivity index (χ4v) is 5.92. The molecule has 4 aliphatic rings. The Morgan fingerprint density at radius 3 is 1.38 bits per heavy atom. The number of aromatic carboxylic acids is 1. The Morgan fingerprint density at radius 1 is 0.588 bits per heavy atom. The van der Waals surface area contributed by atoms with Crippen LogP contribution in [0.3, 0.4) is 0 Å². The number of amides is 5. The van der Waals surface area contributed by atoms with Crippen LogP contribution >= 0.6 is 0 Å². The molecule has 0 saturated carbocycles. The number of carbonyl (C=O) groups is 6. The average molecular weight is 991 g/mol. The summed E-state index contributed by atoms with van der Waals surface area (Å²) >= 11 is 0. The Kier molecular flexibility index (Phi) is 22.0. The van der Waals surface area contributed by atoms with Gasteiger partial charge >= 0.3 is 5.97 Å². The fraction of sp³-hybridized carbons (Fsp3) is 0.231. The molecule has 68 heavy (non-hydrogen) atoms. The maximum atomic E-state index is 11.9. The fourth-order valence-electron chi connectivity index (χ4n) is 5.92. The normalized spacial score (nSPS) is 13.0. The first-order chi connectivity index (χ1) is 32.0. The van der Waals surface area contributed by atoms with Crippen LogP contribution in [-0.4, -0.2) is 47.7 Å². The van der Waals surface area contributed by atoms with Gasteiger partial charge in [-0.15, -0.1) is 24.3 Å². The predicted molar refractivity (Wildman–Crippen MR) is 253 cm³/mol. The monoisotopic (exact) mass is 990 g/mol. The molecule has 0 saturated heterocycles. The number of hydrogen-bond donors (Lipinski definition) is 7. The van der Waals surface area contributed by atoms with Gasteiger partial charge < -0.3 is 42.6 Å². The number of allylic oxidation sites excluding steroid dienone is 8. The van der Waals surface area contributed by atoms with Gasteiger partial charge in [0.1, 0.15) is 0 Å². The Bertz CT molecular complexity index is 2780. The maximum Gasteiger partial charge on any atom is 0.335 e. The molecule has 347 valence electrons.